The molecule has 0 fully saturated rings. The van der Waals surface area contributed by atoms with Crippen LogP contribution in [0.4, 0.5) is 5.13 Å². The largest absolute Gasteiger partial charge is 0.348 e. The number of fused-ring (bicyclic) bond motifs is 1. The molecule has 0 saturated carbocycles. The van der Waals surface area contributed by atoms with Crippen LogP contribution in [0.5, 0.6) is 0 Å². The lowest BCUT2D eigenvalue weighted by atomic mass is 10.0. The highest BCUT2D eigenvalue weighted by Gasteiger charge is 2.09. The Bertz CT molecular complexity index is 1030. The molecule has 1 atom stereocenters. The average molecular weight is 415 g/mol. The van der Waals surface area contributed by atoms with E-state index in [4.69, 9.17) is 0 Å². The van der Waals surface area contributed by atoms with E-state index in [0.29, 0.717) is 12.6 Å². The summed E-state index contributed by atoms with van der Waals surface area (Å²) in [5.74, 6) is 0.461. The van der Waals surface area contributed by atoms with Crippen molar-refractivity contribution in [3.05, 3.63) is 59.8 Å². The standard InChI is InChI=1S/C20H22N6S.ClH/c1-13(15-6-4-3-5-7-15)11-21-12-22-20-26-25-19(27-20)16-8-9-18-17(10-16)14(2)23-24-18;/h3-10,13,21H,11-12H2,1-2H3,(H,22,26)(H,23,24);1H/t13-;/m1./s1. The minimum absolute atomic E-state index is 0. The third-order valence-corrected chi connectivity index (χ3v) is 5.53. The number of nitrogens with zero attached hydrogens (tertiary/aromatic N) is 3. The summed E-state index contributed by atoms with van der Waals surface area (Å²) in [6.45, 7) is 5.80. The van der Waals surface area contributed by atoms with Crippen molar-refractivity contribution in [1.29, 1.82) is 0 Å². The number of H-pyrrole nitrogens is 1. The molecule has 4 rings (SSSR count). The van der Waals surface area contributed by atoms with Crippen LogP contribution >= 0.6 is 23.7 Å². The van der Waals surface area contributed by atoms with Gasteiger partial charge < -0.3 is 5.32 Å². The second kappa shape index (κ2) is 9.14. The zero-order valence-corrected chi connectivity index (χ0v) is 17.4. The normalized spacial score (nSPS) is 11.9. The van der Waals surface area contributed by atoms with Crippen molar-refractivity contribution in [3.63, 3.8) is 0 Å². The van der Waals surface area contributed by atoms with E-state index in [1.807, 2.05) is 25.1 Å². The van der Waals surface area contributed by atoms with Crippen LogP contribution in [0.15, 0.2) is 48.5 Å². The number of hydrogen-bond acceptors (Lipinski definition) is 6. The molecule has 0 saturated heterocycles. The molecular weight excluding hydrogens is 392 g/mol. The van der Waals surface area contributed by atoms with Gasteiger partial charge in [-0.2, -0.15) is 5.10 Å². The smallest absolute Gasteiger partial charge is 0.207 e. The quantitative estimate of drug-likeness (QED) is 0.305. The Morgan fingerprint density at radius 3 is 2.75 bits per heavy atom. The van der Waals surface area contributed by atoms with Gasteiger partial charge in [0, 0.05) is 23.2 Å². The lowest BCUT2D eigenvalue weighted by molar-refractivity contribution is 0.639. The van der Waals surface area contributed by atoms with Gasteiger partial charge in [0.25, 0.3) is 0 Å². The molecule has 0 unspecified atom stereocenters. The Hall–Kier alpha value is -2.48. The second-order valence-electron chi connectivity index (χ2n) is 6.61. The maximum atomic E-state index is 4.32. The van der Waals surface area contributed by atoms with E-state index in [-0.39, 0.29) is 12.4 Å². The van der Waals surface area contributed by atoms with Crippen LogP contribution in [-0.2, 0) is 0 Å². The predicted octanol–water partition coefficient (Wildman–Crippen LogP) is 4.57. The van der Waals surface area contributed by atoms with Gasteiger partial charge in [0.05, 0.1) is 12.2 Å². The molecule has 2 aromatic carbocycles. The van der Waals surface area contributed by atoms with Crippen LogP contribution in [0.3, 0.4) is 0 Å². The molecule has 0 radical (unpaired) electrons. The summed E-state index contributed by atoms with van der Waals surface area (Å²) in [6, 6.07) is 16.7. The number of aromatic amines is 1. The summed E-state index contributed by atoms with van der Waals surface area (Å²) in [7, 11) is 0. The van der Waals surface area contributed by atoms with E-state index >= 15 is 0 Å². The van der Waals surface area contributed by atoms with E-state index in [1.54, 1.807) is 11.3 Å². The number of nitrogens with one attached hydrogen (secondary N) is 3. The van der Waals surface area contributed by atoms with Crippen molar-refractivity contribution in [2.24, 2.45) is 0 Å². The molecule has 3 N–H and O–H groups in total. The van der Waals surface area contributed by atoms with Crippen LogP contribution in [0.2, 0.25) is 0 Å². The van der Waals surface area contributed by atoms with Crippen molar-refractivity contribution >= 4 is 39.8 Å². The van der Waals surface area contributed by atoms with E-state index in [0.717, 1.165) is 38.8 Å². The van der Waals surface area contributed by atoms with Gasteiger partial charge in [0.15, 0.2) is 0 Å². The molecule has 0 aliphatic rings. The number of benzene rings is 2. The average Bonchev–Trinajstić information content (AvgIpc) is 3.32. The summed E-state index contributed by atoms with van der Waals surface area (Å²) < 4.78 is 0. The van der Waals surface area contributed by atoms with Gasteiger partial charge >= 0.3 is 0 Å². The van der Waals surface area contributed by atoms with Crippen molar-refractivity contribution in [1.82, 2.24) is 25.7 Å². The van der Waals surface area contributed by atoms with Gasteiger partial charge in [0.2, 0.25) is 5.13 Å². The molecular formula is C20H23ClN6S. The molecule has 0 spiro atoms. The Kier molecular flexibility index (Phi) is 6.61. The number of aromatic nitrogens is 4. The second-order valence-corrected chi connectivity index (χ2v) is 7.59. The SMILES string of the molecule is Cc1[nH]nc2ccc(-c3nnc(NCNC[C@@H](C)c4ccccc4)s3)cc12.Cl. The molecule has 28 heavy (non-hydrogen) atoms. The molecule has 0 amide bonds. The monoisotopic (exact) mass is 414 g/mol. The van der Waals surface area contributed by atoms with E-state index in [9.17, 15) is 0 Å². The van der Waals surface area contributed by atoms with Gasteiger partial charge in [-0.15, -0.1) is 22.6 Å². The maximum Gasteiger partial charge on any atom is 0.207 e. The van der Waals surface area contributed by atoms with Crippen LogP contribution in [0.25, 0.3) is 21.5 Å². The molecule has 2 heterocycles. The van der Waals surface area contributed by atoms with E-state index < -0.39 is 0 Å². The molecule has 8 heteroatoms. The highest BCUT2D eigenvalue weighted by atomic mass is 35.5. The van der Waals surface area contributed by atoms with Gasteiger partial charge in [-0.05, 0) is 36.6 Å². The van der Waals surface area contributed by atoms with Crippen molar-refractivity contribution in [2.45, 2.75) is 19.8 Å². The number of hydrogen-bond donors (Lipinski definition) is 3. The lowest BCUT2D eigenvalue weighted by Gasteiger charge is -2.13. The molecule has 0 bridgehead atoms. The zero-order chi connectivity index (χ0) is 18.6. The van der Waals surface area contributed by atoms with Gasteiger partial charge in [-0.25, -0.2) is 0 Å². The summed E-state index contributed by atoms with van der Waals surface area (Å²) >= 11 is 1.55. The fourth-order valence-corrected chi connectivity index (χ4v) is 3.74. The first kappa shape index (κ1) is 20.3. The Morgan fingerprint density at radius 2 is 1.93 bits per heavy atom. The van der Waals surface area contributed by atoms with Crippen LogP contribution in [-0.4, -0.2) is 33.6 Å². The van der Waals surface area contributed by atoms with E-state index in [1.165, 1.54) is 5.56 Å². The summed E-state index contributed by atoms with van der Waals surface area (Å²) in [5.41, 5.74) is 4.43. The molecule has 2 aromatic heterocycles. The molecule has 0 aliphatic heterocycles. The van der Waals surface area contributed by atoms with Crippen molar-refractivity contribution in [3.8, 4) is 10.6 Å². The lowest BCUT2D eigenvalue weighted by Crippen LogP contribution is -2.26. The molecule has 0 aliphatic carbocycles. The zero-order valence-electron chi connectivity index (χ0n) is 15.8. The number of halogens is 1. The number of rotatable bonds is 7. The molecule has 4 aromatic rings. The van der Waals surface area contributed by atoms with E-state index in [2.05, 4.69) is 68.3 Å². The minimum atomic E-state index is 0. The van der Waals surface area contributed by atoms with Crippen LogP contribution < -0.4 is 10.6 Å². The van der Waals surface area contributed by atoms with Gasteiger partial charge in [-0.1, -0.05) is 48.6 Å². The summed E-state index contributed by atoms with van der Waals surface area (Å²) in [5, 5.41) is 25.4. The first-order valence-corrected chi connectivity index (χ1v) is 9.80. The van der Waals surface area contributed by atoms with Crippen molar-refractivity contribution in [2.75, 3.05) is 18.5 Å². The number of aryl methyl sites for hydroxylation is 1. The first-order valence-electron chi connectivity index (χ1n) is 8.99. The van der Waals surface area contributed by atoms with Crippen LogP contribution in [0, 0.1) is 6.92 Å². The third-order valence-electron chi connectivity index (χ3n) is 4.60. The fraction of sp³-hybridized carbons (Fsp3) is 0.250. The minimum Gasteiger partial charge on any atom is -0.348 e. The predicted molar refractivity (Wildman–Crippen MR) is 118 cm³/mol. The fourth-order valence-electron chi connectivity index (χ4n) is 3.01. The number of anilines is 1. The molecule has 6 nitrogen and oxygen atoms in total. The first-order chi connectivity index (χ1) is 13.2. The molecule has 146 valence electrons. The highest BCUT2D eigenvalue weighted by Crippen LogP contribution is 2.29. The Morgan fingerprint density at radius 1 is 1.11 bits per heavy atom. The van der Waals surface area contributed by atoms with Crippen molar-refractivity contribution < 1.29 is 0 Å². The maximum absolute atomic E-state index is 4.32. The van der Waals surface area contributed by atoms with Gasteiger partial charge in [0.1, 0.15) is 5.01 Å². The van der Waals surface area contributed by atoms with Gasteiger partial charge in [-0.3, -0.25) is 10.4 Å². The topological polar surface area (TPSA) is 78.5 Å². The Balaban J connectivity index is 0.00000225. The highest BCUT2D eigenvalue weighted by molar-refractivity contribution is 7.18. The summed E-state index contributed by atoms with van der Waals surface area (Å²) in [4.78, 5) is 0. The summed E-state index contributed by atoms with van der Waals surface area (Å²) in [6.07, 6.45) is 0. The van der Waals surface area contributed by atoms with Crippen LogP contribution in [0.1, 0.15) is 24.1 Å². The third kappa shape index (κ3) is 4.49. The Labute approximate surface area is 174 Å².